The molecule has 2 aliphatic heterocycles. The third-order valence-electron chi connectivity index (χ3n) is 14.5. The van der Waals surface area contributed by atoms with Crippen LogP contribution < -0.4 is 9.80 Å². The first-order valence-electron chi connectivity index (χ1n) is 23.5. The van der Waals surface area contributed by atoms with Crippen LogP contribution in [0.5, 0.6) is 0 Å². The van der Waals surface area contributed by atoms with Crippen LogP contribution in [-0.4, -0.2) is 35.3 Å². The summed E-state index contributed by atoms with van der Waals surface area (Å²) in [7, 11) is 0. The van der Waals surface area contributed by atoms with Gasteiger partial charge >= 0.3 is 0 Å². The number of nitrogens with zero attached hydrogens (tertiary/aromatic N) is 4. The summed E-state index contributed by atoms with van der Waals surface area (Å²) in [6, 6.07) is 68.8. The molecule has 0 N–H and O–H groups in total. The summed E-state index contributed by atoms with van der Waals surface area (Å²) in [4.78, 5) is 5.24. The second kappa shape index (κ2) is 15.2. The highest BCUT2D eigenvalue weighted by Gasteiger charge is 2.23. The van der Waals surface area contributed by atoms with Crippen molar-refractivity contribution in [2.75, 3.05) is 36.0 Å². The molecule has 2 aliphatic rings. The molecule has 2 aromatic heterocycles. The number of rotatable bonds is 6. The van der Waals surface area contributed by atoms with E-state index in [-0.39, 0.29) is 0 Å². The van der Waals surface area contributed by atoms with Crippen LogP contribution in [0.4, 0.5) is 11.4 Å². The molecule has 11 aromatic rings. The normalized spacial score (nSPS) is 14.8. The lowest BCUT2D eigenvalue weighted by atomic mass is 9.84. The molecule has 2 saturated heterocycles. The van der Waals surface area contributed by atoms with E-state index in [1.807, 2.05) is 0 Å². The van der Waals surface area contributed by atoms with Gasteiger partial charge in [-0.1, -0.05) is 97.1 Å². The van der Waals surface area contributed by atoms with Gasteiger partial charge in [0.05, 0.1) is 22.1 Å². The number of para-hydroxylation sites is 4. The Balaban J connectivity index is 1.12. The zero-order chi connectivity index (χ0) is 42.1. The fraction of sp³-hybridized carbons (Fsp3) is 0.167. The summed E-state index contributed by atoms with van der Waals surface area (Å²) < 4.78 is 4.86. The van der Waals surface area contributed by atoms with Gasteiger partial charge in [-0.2, -0.15) is 0 Å². The first-order valence-corrected chi connectivity index (χ1v) is 23.5. The predicted octanol–water partition coefficient (Wildman–Crippen LogP) is 15.5. The first-order chi connectivity index (χ1) is 31.8. The Morgan fingerprint density at radius 3 is 1.08 bits per heavy atom. The van der Waals surface area contributed by atoms with E-state index in [4.69, 9.17) is 0 Å². The third kappa shape index (κ3) is 5.96. The maximum Gasteiger partial charge on any atom is 0.0541 e. The summed E-state index contributed by atoms with van der Waals surface area (Å²) in [6.07, 6.45) is 7.59. The molecule has 13 rings (SSSR count). The van der Waals surface area contributed by atoms with Crippen LogP contribution >= 0.6 is 0 Å². The molecule has 0 aliphatic carbocycles. The minimum absolute atomic E-state index is 1.10. The molecule has 0 amide bonds. The van der Waals surface area contributed by atoms with Gasteiger partial charge in [-0.25, -0.2) is 0 Å². The summed E-state index contributed by atoms with van der Waals surface area (Å²) in [5.41, 5.74) is 15.1. The predicted molar refractivity (Wildman–Crippen MR) is 273 cm³/mol. The van der Waals surface area contributed by atoms with Crippen molar-refractivity contribution in [1.29, 1.82) is 0 Å². The number of benzene rings is 9. The van der Waals surface area contributed by atoms with Gasteiger partial charge in [-0.05, 0) is 167 Å². The van der Waals surface area contributed by atoms with Gasteiger partial charge in [0.15, 0.2) is 0 Å². The van der Waals surface area contributed by atoms with Crippen molar-refractivity contribution in [3.63, 3.8) is 0 Å². The van der Waals surface area contributed by atoms with Gasteiger partial charge in [0.1, 0.15) is 0 Å². The highest BCUT2D eigenvalue weighted by atomic mass is 15.1. The Labute approximate surface area is 374 Å². The van der Waals surface area contributed by atoms with Crippen LogP contribution in [0.15, 0.2) is 182 Å². The Kier molecular flexibility index (Phi) is 8.85. The Morgan fingerprint density at radius 2 is 0.641 bits per heavy atom. The Bertz CT molecular complexity index is 3330. The highest BCUT2D eigenvalue weighted by Crippen LogP contribution is 2.48. The molecule has 64 heavy (non-hydrogen) atoms. The van der Waals surface area contributed by atoms with Crippen molar-refractivity contribution >= 4 is 76.5 Å². The van der Waals surface area contributed by atoms with Gasteiger partial charge in [-0.3, -0.25) is 0 Å². The Hall–Kier alpha value is -7.30. The third-order valence-corrected chi connectivity index (χ3v) is 14.5. The van der Waals surface area contributed by atoms with E-state index in [0.717, 1.165) is 26.2 Å². The maximum absolute atomic E-state index is 2.62. The lowest BCUT2D eigenvalue weighted by Crippen LogP contribution is -2.29. The summed E-state index contributed by atoms with van der Waals surface area (Å²) >= 11 is 0. The number of fused-ring (bicyclic) bond motifs is 8. The van der Waals surface area contributed by atoms with Crippen molar-refractivity contribution in [2.24, 2.45) is 0 Å². The minimum Gasteiger partial charge on any atom is -0.372 e. The largest absolute Gasteiger partial charge is 0.372 e. The molecule has 0 spiro atoms. The van der Waals surface area contributed by atoms with Crippen LogP contribution in [0, 0.1) is 0 Å². The second-order valence-electron chi connectivity index (χ2n) is 18.1. The summed E-state index contributed by atoms with van der Waals surface area (Å²) in [5.74, 6) is 0. The van der Waals surface area contributed by atoms with Gasteiger partial charge in [0.25, 0.3) is 0 Å². The molecule has 0 atom stereocenters. The maximum atomic E-state index is 2.62. The quantitative estimate of drug-likeness (QED) is 0.155. The minimum atomic E-state index is 1.10. The van der Waals surface area contributed by atoms with Crippen LogP contribution in [-0.2, 0) is 0 Å². The molecular formula is C60H50N4. The van der Waals surface area contributed by atoms with Crippen molar-refractivity contribution < 1.29 is 0 Å². The van der Waals surface area contributed by atoms with E-state index in [1.165, 1.54) is 149 Å². The molecule has 4 heterocycles. The smallest absolute Gasteiger partial charge is 0.0541 e. The average molecular weight is 827 g/mol. The lowest BCUT2D eigenvalue weighted by Gasteiger charge is -2.30. The zero-order valence-corrected chi connectivity index (χ0v) is 36.2. The SMILES string of the molecule is c1ccc(-n2c3ccccc3c3cc(-c4c5ccc(N6CCCCC6)cc5c(-c5ccc6c(c5)c5ccccc5n6-c5ccccc5)c5ccc(N6CCCCC6)cc45)ccc32)cc1. The van der Waals surface area contributed by atoms with Crippen LogP contribution in [0.2, 0.25) is 0 Å². The monoisotopic (exact) mass is 826 g/mol. The average Bonchev–Trinajstić information content (AvgIpc) is 3.88. The lowest BCUT2D eigenvalue weighted by molar-refractivity contribution is 0.578. The van der Waals surface area contributed by atoms with Crippen LogP contribution in [0.1, 0.15) is 38.5 Å². The van der Waals surface area contributed by atoms with Crippen molar-refractivity contribution in [3.05, 3.63) is 182 Å². The number of hydrogen-bond acceptors (Lipinski definition) is 2. The fourth-order valence-electron chi connectivity index (χ4n) is 11.5. The topological polar surface area (TPSA) is 16.3 Å². The van der Waals surface area contributed by atoms with Gasteiger partial charge < -0.3 is 18.9 Å². The van der Waals surface area contributed by atoms with E-state index >= 15 is 0 Å². The standard InChI is InChI=1S/C60H50N4/c1-5-17-43(18-6-1)63-55-23-11-9-21-47(55)51-37-41(25-31-57(51)63)59-49-29-27-46(62-35-15-4-16-36-62)40-54(49)60(50-30-28-45(39-53(50)59)61-33-13-3-14-34-61)42-26-32-58-52(38-42)48-22-10-12-24-56(48)64(58)44-19-7-2-8-20-44/h1-2,5-12,17-32,37-40H,3-4,13-16,33-36H2. The number of hydrogen-bond donors (Lipinski definition) is 0. The fourth-order valence-corrected chi connectivity index (χ4v) is 11.5. The second-order valence-corrected chi connectivity index (χ2v) is 18.1. The molecule has 4 heteroatoms. The molecule has 9 aromatic carbocycles. The number of anilines is 2. The molecular weight excluding hydrogens is 777 g/mol. The number of aromatic nitrogens is 2. The van der Waals surface area contributed by atoms with E-state index in [9.17, 15) is 0 Å². The first kappa shape index (κ1) is 37.3. The van der Waals surface area contributed by atoms with E-state index < -0.39 is 0 Å². The van der Waals surface area contributed by atoms with Crippen LogP contribution in [0.25, 0.3) is 98.8 Å². The molecule has 2 fully saturated rings. The van der Waals surface area contributed by atoms with E-state index in [2.05, 4.69) is 201 Å². The van der Waals surface area contributed by atoms with E-state index in [1.54, 1.807) is 0 Å². The van der Waals surface area contributed by atoms with Crippen molar-refractivity contribution in [2.45, 2.75) is 38.5 Å². The van der Waals surface area contributed by atoms with Crippen molar-refractivity contribution in [1.82, 2.24) is 9.13 Å². The van der Waals surface area contributed by atoms with E-state index in [0.29, 0.717) is 0 Å². The molecule has 0 radical (unpaired) electrons. The van der Waals surface area contributed by atoms with Gasteiger partial charge in [-0.15, -0.1) is 0 Å². The summed E-state index contributed by atoms with van der Waals surface area (Å²) in [6.45, 7) is 4.42. The zero-order valence-electron chi connectivity index (χ0n) is 36.2. The molecule has 4 nitrogen and oxygen atoms in total. The summed E-state index contributed by atoms with van der Waals surface area (Å²) in [5, 5.41) is 10.3. The van der Waals surface area contributed by atoms with Crippen LogP contribution in [0.3, 0.4) is 0 Å². The molecule has 0 unspecified atom stereocenters. The molecule has 0 saturated carbocycles. The van der Waals surface area contributed by atoms with Crippen molar-refractivity contribution in [3.8, 4) is 33.6 Å². The highest BCUT2D eigenvalue weighted by molar-refractivity contribution is 6.24. The molecule has 310 valence electrons. The van der Waals surface area contributed by atoms with Gasteiger partial charge in [0.2, 0.25) is 0 Å². The Morgan fingerprint density at radius 1 is 0.250 bits per heavy atom. The molecule has 0 bridgehead atoms. The number of piperidine rings is 2. The van der Waals surface area contributed by atoms with Gasteiger partial charge in [0, 0.05) is 70.5 Å².